The van der Waals surface area contributed by atoms with Crippen LogP contribution in [0.15, 0.2) is 53.9 Å². The molecule has 2 amide bonds. The number of aromatic carboxylic acids is 1. The molecule has 6 nitrogen and oxygen atoms in total. The van der Waals surface area contributed by atoms with Gasteiger partial charge in [-0.1, -0.05) is 30.3 Å². The highest BCUT2D eigenvalue weighted by molar-refractivity contribution is 7.12. The van der Waals surface area contributed by atoms with Gasteiger partial charge in [0.1, 0.15) is 0 Å². The van der Waals surface area contributed by atoms with Crippen LogP contribution in [0.2, 0.25) is 0 Å². The van der Waals surface area contributed by atoms with E-state index < -0.39 is 11.9 Å². The van der Waals surface area contributed by atoms with Crippen molar-refractivity contribution in [1.82, 2.24) is 10.6 Å². The number of carboxylic acid groups (broad SMARTS) is 1. The Morgan fingerprint density at radius 3 is 2.04 bits per heavy atom. The van der Waals surface area contributed by atoms with Crippen molar-refractivity contribution in [1.29, 1.82) is 0 Å². The molecule has 0 atom stereocenters. The van der Waals surface area contributed by atoms with Crippen molar-refractivity contribution in [2.75, 3.05) is 13.1 Å². The van der Waals surface area contributed by atoms with Gasteiger partial charge in [0, 0.05) is 13.1 Å². The molecule has 0 aliphatic rings. The zero-order chi connectivity index (χ0) is 18.5. The topological polar surface area (TPSA) is 95.5 Å². The van der Waals surface area contributed by atoms with Crippen LogP contribution >= 0.6 is 11.3 Å². The van der Waals surface area contributed by atoms with Crippen molar-refractivity contribution >= 4 is 39.9 Å². The van der Waals surface area contributed by atoms with Crippen molar-refractivity contribution < 1.29 is 19.5 Å². The first-order valence-corrected chi connectivity index (χ1v) is 8.80. The lowest BCUT2D eigenvalue weighted by atomic mass is 10.0. The van der Waals surface area contributed by atoms with Gasteiger partial charge in [0.05, 0.1) is 16.0 Å². The first-order chi connectivity index (χ1) is 12.6. The number of benzene rings is 2. The van der Waals surface area contributed by atoms with Crippen molar-refractivity contribution in [3.05, 3.63) is 69.9 Å². The number of nitrogens with one attached hydrogen (secondary N) is 2. The van der Waals surface area contributed by atoms with Gasteiger partial charge in [-0.25, -0.2) is 4.79 Å². The number of hydrogen-bond acceptors (Lipinski definition) is 4. The fourth-order valence-electron chi connectivity index (χ4n) is 2.55. The SMILES string of the molecule is O=C(NCCNC(=O)c1cc2ccccc2cc1C(=O)O)c1cccs1. The predicted octanol–water partition coefficient (Wildman–Crippen LogP) is 2.76. The molecule has 0 fully saturated rings. The Hall–Kier alpha value is -3.19. The van der Waals surface area contributed by atoms with Gasteiger partial charge in [0.15, 0.2) is 0 Å². The molecule has 7 heteroatoms. The van der Waals surface area contributed by atoms with E-state index in [9.17, 15) is 19.5 Å². The summed E-state index contributed by atoms with van der Waals surface area (Å²) in [5.41, 5.74) is 0.0459. The number of fused-ring (bicyclic) bond motifs is 1. The normalized spacial score (nSPS) is 10.5. The molecule has 1 aromatic heterocycles. The first-order valence-electron chi connectivity index (χ1n) is 7.92. The van der Waals surface area contributed by atoms with E-state index in [0.717, 1.165) is 10.8 Å². The largest absolute Gasteiger partial charge is 0.478 e. The monoisotopic (exact) mass is 368 g/mol. The molecular weight excluding hydrogens is 352 g/mol. The van der Waals surface area contributed by atoms with Crippen molar-refractivity contribution in [2.24, 2.45) is 0 Å². The van der Waals surface area contributed by atoms with Crippen LogP contribution in [0.1, 0.15) is 30.4 Å². The van der Waals surface area contributed by atoms with E-state index in [1.807, 2.05) is 23.6 Å². The fraction of sp³-hybridized carbons (Fsp3) is 0.105. The molecule has 3 rings (SSSR count). The molecule has 0 saturated heterocycles. The fourth-order valence-corrected chi connectivity index (χ4v) is 3.19. The van der Waals surface area contributed by atoms with Crippen LogP contribution < -0.4 is 10.6 Å². The van der Waals surface area contributed by atoms with Crippen molar-refractivity contribution in [3.8, 4) is 0 Å². The number of carbonyl (C=O) groups excluding carboxylic acids is 2. The second-order valence-electron chi connectivity index (χ2n) is 5.54. The van der Waals surface area contributed by atoms with Crippen LogP contribution in [0.5, 0.6) is 0 Å². The van der Waals surface area contributed by atoms with Crippen LogP contribution in [-0.4, -0.2) is 36.0 Å². The summed E-state index contributed by atoms with van der Waals surface area (Å²) in [5.74, 6) is -1.85. The second-order valence-corrected chi connectivity index (χ2v) is 6.49. The van der Waals surface area contributed by atoms with E-state index >= 15 is 0 Å². The molecule has 1 heterocycles. The number of carboxylic acids is 1. The van der Waals surface area contributed by atoms with Crippen LogP contribution in [0.3, 0.4) is 0 Å². The standard InChI is InChI=1S/C19H16N2O4S/c22-17(20-7-8-21-18(23)16-6-3-9-26-16)14-10-12-4-1-2-5-13(12)11-15(14)19(24)25/h1-6,9-11H,7-8H2,(H,20,22)(H,21,23)(H,24,25). The van der Waals surface area contributed by atoms with Gasteiger partial charge in [-0.2, -0.15) is 0 Å². The zero-order valence-electron chi connectivity index (χ0n) is 13.7. The van der Waals surface area contributed by atoms with Crippen LogP contribution in [0, 0.1) is 0 Å². The van der Waals surface area contributed by atoms with E-state index in [1.54, 1.807) is 24.3 Å². The van der Waals surface area contributed by atoms with Gasteiger partial charge in [-0.15, -0.1) is 11.3 Å². The number of amides is 2. The minimum absolute atomic E-state index is 0.0520. The highest BCUT2D eigenvalue weighted by Crippen LogP contribution is 2.20. The number of rotatable bonds is 6. The lowest BCUT2D eigenvalue weighted by Crippen LogP contribution is -2.35. The quantitative estimate of drug-likeness (QED) is 0.583. The summed E-state index contributed by atoms with van der Waals surface area (Å²) in [5, 5.41) is 18.1. The maximum absolute atomic E-state index is 12.4. The third kappa shape index (κ3) is 3.89. The summed E-state index contributed by atoms with van der Waals surface area (Å²) < 4.78 is 0. The smallest absolute Gasteiger partial charge is 0.336 e. The molecular formula is C19H16N2O4S. The highest BCUT2D eigenvalue weighted by Gasteiger charge is 2.17. The molecule has 0 aliphatic carbocycles. The third-order valence-electron chi connectivity index (χ3n) is 3.80. The molecule has 0 spiro atoms. The molecule has 26 heavy (non-hydrogen) atoms. The van der Waals surface area contributed by atoms with Crippen molar-refractivity contribution in [3.63, 3.8) is 0 Å². The maximum Gasteiger partial charge on any atom is 0.336 e. The lowest BCUT2D eigenvalue weighted by molar-refractivity contribution is 0.0691. The van der Waals surface area contributed by atoms with E-state index in [4.69, 9.17) is 0 Å². The molecule has 2 aromatic carbocycles. The molecule has 3 aromatic rings. The Labute approximate surface area is 153 Å². The Morgan fingerprint density at radius 1 is 0.846 bits per heavy atom. The van der Waals surface area contributed by atoms with Crippen molar-refractivity contribution in [2.45, 2.75) is 0 Å². The number of hydrogen-bond donors (Lipinski definition) is 3. The second kappa shape index (κ2) is 7.79. The Kier molecular flexibility index (Phi) is 5.28. The predicted molar refractivity (Wildman–Crippen MR) is 99.9 cm³/mol. The van der Waals surface area contributed by atoms with Gasteiger partial charge in [-0.05, 0) is 34.4 Å². The average molecular weight is 368 g/mol. The maximum atomic E-state index is 12.4. The number of thiophene rings is 1. The Bertz CT molecular complexity index is 967. The molecule has 0 radical (unpaired) electrons. The van der Waals surface area contributed by atoms with E-state index in [2.05, 4.69) is 10.6 Å². The minimum Gasteiger partial charge on any atom is -0.478 e. The third-order valence-corrected chi connectivity index (χ3v) is 4.67. The average Bonchev–Trinajstić information content (AvgIpc) is 3.18. The van der Waals surface area contributed by atoms with Gasteiger partial charge in [-0.3, -0.25) is 9.59 Å². The van der Waals surface area contributed by atoms with Gasteiger partial charge in [0.25, 0.3) is 11.8 Å². The lowest BCUT2D eigenvalue weighted by Gasteiger charge is -2.10. The zero-order valence-corrected chi connectivity index (χ0v) is 14.5. The van der Waals surface area contributed by atoms with E-state index in [-0.39, 0.29) is 30.1 Å². The van der Waals surface area contributed by atoms with Gasteiger partial charge in [0.2, 0.25) is 0 Å². The summed E-state index contributed by atoms with van der Waals surface area (Å²) >= 11 is 1.33. The minimum atomic E-state index is -1.16. The summed E-state index contributed by atoms with van der Waals surface area (Å²) in [7, 11) is 0. The summed E-state index contributed by atoms with van der Waals surface area (Å²) in [6.45, 7) is 0.445. The molecule has 132 valence electrons. The van der Waals surface area contributed by atoms with Crippen LogP contribution in [0.4, 0.5) is 0 Å². The highest BCUT2D eigenvalue weighted by atomic mass is 32.1. The molecule has 0 aliphatic heterocycles. The van der Waals surface area contributed by atoms with Crippen LogP contribution in [-0.2, 0) is 0 Å². The first kappa shape index (κ1) is 17.6. The Balaban J connectivity index is 1.66. The summed E-state index contributed by atoms with van der Waals surface area (Å²) in [6.07, 6.45) is 0. The molecule has 3 N–H and O–H groups in total. The number of carbonyl (C=O) groups is 3. The summed E-state index contributed by atoms with van der Waals surface area (Å²) in [6, 6.07) is 13.8. The van der Waals surface area contributed by atoms with Gasteiger partial charge < -0.3 is 15.7 Å². The molecule has 0 unspecified atom stereocenters. The molecule has 0 bridgehead atoms. The van der Waals surface area contributed by atoms with Crippen LogP contribution in [0.25, 0.3) is 10.8 Å². The Morgan fingerprint density at radius 2 is 1.46 bits per heavy atom. The van der Waals surface area contributed by atoms with Gasteiger partial charge >= 0.3 is 5.97 Å². The van der Waals surface area contributed by atoms with E-state index in [0.29, 0.717) is 4.88 Å². The van der Waals surface area contributed by atoms with E-state index in [1.165, 1.54) is 17.4 Å². The molecule has 0 saturated carbocycles. The summed E-state index contributed by atoms with van der Waals surface area (Å²) in [4.78, 5) is 36.3.